The fourth-order valence-electron chi connectivity index (χ4n) is 1.07. The lowest BCUT2D eigenvalue weighted by atomic mass is 10.3. The van der Waals surface area contributed by atoms with Crippen molar-refractivity contribution in [3.05, 3.63) is 28.6 Å². The molecule has 0 atom stereocenters. The lowest BCUT2D eigenvalue weighted by Crippen LogP contribution is -1.86. The van der Waals surface area contributed by atoms with E-state index in [9.17, 15) is 0 Å². The maximum Gasteiger partial charge on any atom is 0.199 e. The fourth-order valence-corrected chi connectivity index (χ4v) is 1.31. The summed E-state index contributed by atoms with van der Waals surface area (Å²) in [6.07, 6.45) is 1.90. The molecule has 74 valence electrons. The largest absolute Gasteiger partial charge is 0.262 e. The number of nitrogens with zero attached hydrogens (tertiary/aromatic N) is 4. The van der Waals surface area contributed by atoms with E-state index in [-0.39, 0.29) is 6.42 Å². The SMILES string of the molecule is N#CCc1nc(-c2ccc(Br)cn2)n[nH]1. The van der Waals surface area contributed by atoms with Crippen LogP contribution in [0.5, 0.6) is 0 Å². The van der Waals surface area contributed by atoms with Crippen molar-refractivity contribution in [2.24, 2.45) is 0 Å². The van der Waals surface area contributed by atoms with Gasteiger partial charge in [0.05, 0.1) is 12.5 Å². The van der Waals surface area contributed by atoms with Gasteiger partial charge in [-0.15, -0.1) is 0 Å². The highest BCUT2D eigenvalue weighted by Crippen LogP contribution is 2.14. The predicted octanol–water partition coefficient (Wildman–Crippen LogP) is 1.70. The maximum absolute atomic E-state index is 8.48. The number of nitriles is 1. The molecule has 2 aromatic rings. The summed E-state index contributed by atoms with van der Waals surface area (Å²) in [5, 5.41) is 15.1. The monoisotopic (exact) mass is 263 g/mol. The molecule has 0 aliphatic carbocycles. The van der Waals surface area contributed by atoms with Crippen LogP contribution in [0.1, 0.15) is 5.82 Å². The molecular weight excluding hydrogens is 258 g/mol. The summed E-state index contributed by atoms with van der Waals surface area (Å²) in [6, 6.07) is 5.67. The standard InChI is InChI=1S/C9H6BrN5/c10-6-1-2-7(12-5-6)9-13-8(3-4-11)14-15-9/h1-2,5H,3H2,(H,13,14,15). The highest BCUT2D eigenvalue weighted by Gasteiger charge is 2.06. The molecule has 5 nitrogen and oxygen atoms in total. The summed E-state index contributed by atoms with van der Waals surface area (Å²) in [5.41, 5.74) is 0.679. The molecule has 2 heterocycles. The third-order valence-corrected chi connectivity index (χ3v) is 2.20. The molecule has 0 spiro atoms. The highest BCUT2D eigenvalue weighted by molar-refractivity contribution is 9.10. The maximum atomic E-state index is 8.48. The summed E-state index contributed by atoms with van der Waals surface area (Å²) < 4.78 is 0.902. The fraction of sp³-hybridized carbons (Fsp3) is 0.111. The van der Waals surface area contributed by atoms with Gasteiger partial charge in [0.2, 0.25) is 0 Å². The van der Waals surface area contributed by atoms with Gasteiger partial charge >= 0.3 is 0 Å². The second-order valence-corrected chi connectivity index (χ2v) is 3.72. The molecule has 1 N–H and O–H groups in total. The number of halogens is 1. The summed E-state index contributed by atoms with van der Waals surface area (Å²) in [6.45, 7) is 0. The molecule has 0 aromatic carbocycles. The van der Waals surface area contributed by atoms with Gasteiger partial charge in [0.15, 0.2) is 5.82 Å². The van der Waals surface area contributed by atoms with E-state index in [1.165, 1.54) is 0 Å². The first-order chi connectivity index (χ1) is 7.29. The Bertz CT molecular complexity index is 496. The first-order valence-electron chi connectivity index (χ1n) is 4.20. The van der Waals surface area contributed by atoms with E-state index < -0.39 is 0 Å². The molecule has 0 radical (unpaired) electrons. The van der Waals surface area contributed by atoms with Crippen LogP contribution < -0.4 is 0 Å². The third kappa shape index (κ3) is 2.19. The van der Waals surface area contributed by atoms with Gasteiger partial charge in [0.25, 0.3) is 0 Å². The van der Waals surface area contributed by atoms with Crippen LogP contribution in [0.3, 0.4) is 0 Å². The van der Waals surface area contributed by atoms with E-state index in [1.807, 2.05) is 18.2 Å². The van der Waals surface area contributed by atoms with Gasteiger partial charge in [0, 0.05) is 10.7 Å². The number of rotatable bonds is 2. The molecule has 0 saturated carbocycles. The quantitative estimate of drug-likeness (QED) is 0.895. The van der Waals surface area contributed by atoms with Crippen LogP contribution >= 0.6 is 15.9 Å². The molecule has 0 aliphatic heterocycles. The number of aromatic amines is 1. The van der Waals surface area contributed by atoms with Crippen molar-refractivity contribution in [1.82, 2.24) is 20.2 Å². The molecular formula is C9H6BrN5. The van der Waals surface area contributed by atoms with E-state index >= 15 is 0 Å². The minimum absolute atomic E-state index is 0.226. The minimum Gasteiger partial charge on any atom is -0.262 e. The van der Waals surface area contributed by atoms with Crippen LogP contribution in [0.25, 0.3) is 11.5 Å². The van der Waals surface area contributed by atoms with Crippen LogP contribution in [0, 0.1) is 11.3 Å². The van der Waals surface area contributed by atoms with Crippen LogP contribution in [-0.4, -0.2) is 20.2 Å². The summed E-state index contributed by atoms with van der Waals surface area (Å²) in [4.78, 5) is 8.28. The number of hydrogen-bond donors (Lipinski definition) is 1. The van der Waals surface area contributed by atoms with Crippen molar-refractivity contribution in [3.63, 3.8) is 0 Å². The molecule has 2 rings (SSSR count). The second kappa shape index (κ2) is 4.19. The Morgan fingerprint density at radius 2 is 2.33 bits per heavy atom. The number of nitrogens with one attached hydrogen (secondary N) is 1. The van der Waals surface area contributed by atoms with Gasteiger partial charge in [-0.25, -0.2) is 4.98 Å². The first kappa shape index (κ1) is 9.80. The zero-order valence-electron chi connectivity index (χ0n) is 7.61. The van der Waals surface area contributed by atoms with Crippen LogP contribution in [0.4, 0.5) is 0 Å². The Balaban J connectivity index is 2.30. The number of pyridine rings is 1. The first-order valence-corrected chi connectivity index (χ1v) is 4.99. The van der Waals surface area contributed by atoms with E-state index in [0.29, 0.717) is 17.3 Å². The average molecular weight is 264 g/mol. The van der Waals surface area contributed by atoms with Crippen LogP contribution in [0.2, 0.25) is 0 Å². The Morgan fingerprint density at radius 1 is 1.47 bits per heavy atom. The van der Waals surface area contributed by atoms with Crippen molar-refractivity contribution in [2.75, 3.05) is 0 Å². The van der Waals surface area contributed by atoms with Gasteiger partial charge < -0.3 is 0 Å². The Labute approximate surface area is 94.3 Å². The normalized spacial score (nSPS) is 9.87. The molecule has 0 bridgehead atoms. The van der Waals surface area contributed by atoms with Gasteiger partial charge in [-0.1, -0.05) is 0 Å². The van der Waals surface area contributed by atoms with Crippen molar-refractivity contribution in [2.45, 2.75) is 6.42 Å². The van der Waals surface area contributed by atoms with E-state index in [2.05, 4.69) is 36.1 Å². The van der Waals surface area contributed by atoms with E-state index in [4.69, 9.17) is 5.26 Å². The van der Waals surface area contributed by atoms with Crippen molar-refractivity contribution < 1.29 is 0 Å². The molecule has 0 aliphatic rings. The molecule has 6 heteroatoms. The van der Waals surface area contributed by atoms with Crippen LogP contribution in [-0.2, 0) is 6.42 Å². The molecule has 0 saturated heterocycles. The zero-order chi connectivity index (χ0) is 10.7. The molecule has 0 fully saturated rings. The Hall–Kier alpha value is -1.74. The topological polar surface area (TPSA) is 78.2 Å². The lowest BCUT2D eigenvalue weighted by Gasteiger charge is -1.92. The zero-order valence-corrected chi connectivity index (χ0v) is 9.19. The molecule has 0 amide bonds. The smallest absolute Gasteiger partial charge is 0.199 e. The predicted molar refractivity (Wildman–Crippen MR) is 56.6 cm³/mol. The van der Waals surface area contributed by atoms with E-state index in [0.717, 1.165) is 4.47 Å². The second-order valence-electron chi connectivity index (χ2n) is 2.80. The van der Waals surface area contributed by atoms with Gasteiger partial charge in [-0.05, 0) is 28.1 Å². The lowest BCUT2D eigenvalue weighted by molar-refractivity contribution is 0.995. The number of H-pyrrole nitrogens is 1. The van der Waals surface area contributed by atoms with Gasteiger partial charge in [0.1, 0.15) is 11.5 Å². The summed E-state index contributed by atoms with van der Waals surface area (Å²) >= 11 is 3.29. The van der Waals surface area contributed by atoms with Gasteiger partial charge in [-0.2, -0.15) is 10.4 Å². The average Bonchev–Trinajstić information content (AvgIpc) is 2.68. The van der Waals surface area contributed by atoms with Crippen molar-refractivity contribution in [3.8, 4) is 17.6 Å². The summed E-state index contributed by atoms with van der Waals surface area (Å²) in [5.74, 6) is 1.06. The third-order valence-electron chi connectivity index (χ3n) is 1.73. The molecule has 15 heavy (non-hydrogen) atoms. The summed E-state index contributed by atoms with van der Waals surface area (Å²) in [7, 11) is 0. The Morgan fingerprint density at radius 3 is 3.00 bits per heavy atom. The van der Waals surface area contributed by atoms with Crippen molar-refractivity contribution >= 4 is 15.9 Å². The minimum atomic E-state index is 0.226. The molecule has 0 unspecified atom stereocenters. The Kier molecular flexibility index (Phi) is 2.74. The van der Waals surface area contributed by atoms with Crippen LogP contribution in [0.15, 0.2) is 22.8 Å². The van der Waals surface area contributed by atoms with Crippen molar-refractivity contribution in [1.29, 1.82) is 5.26 Å². The highest BCUT2D eigenvalue weighted by atomic mass is 79.9. The van der Waals surface area contributed by atoms with E-state index in [1.54, 1.807) is 6.20 Å². The number of aromatic nitrogens is 4. The number of hydrogen-bond acceptors (Lipinski definition) is 4. The van der Waals surface area contributed by atoms with Gasteiger partial charge in [-0.3, -0.25) is 10.1 Å². The molecule has 2 aromatic heterocycles.